The summed E-state index contributed by atoms with van der Waals surface area (Å²) < 4.78 is 1.93. The van der Waals surface area contributed by atoms with Crippen LogP contribution in [0.2, 0.25) is 0 Å². The second kappa shape index (κ2) is 9.51. The summed E-state index contributed by atoms with van der Waals surface area (Å²) in [6.07, 6.45) is 1.54. The van der Waals surface area contributed by atoms with Gasteiger partial charge in [0.25, 0.3) is 0 Å². The average Bonchev–Trinajstić information content (AvgIpc) is 1.37. The van der Waals surface area contributed by atoms with E-state index in [0.717, 1.165) is 0 Å². The zero-order valence-corrected chi connectivity index (χ0v) is 3.29. The highest BCUT2D eigenvalue weighted by molar-refractivity contribution is 7.78. The van der Waals surface area contributed by atoms with E-state index in [9.17, 15) is 0 Å². The van der Waals surface area contributed by atoms with E-state index in [4.69, 9.17) is 5.26 Å². The lowest BCUT2D eigenvalue weighted by Gasteiger charge is -1.58. The topological polar surface area (TPSA) is 67.3 Å². The molecule has 0 rings (SSSR count). The van der Waals surface area contributed by atoms with Gasteiger partial charge >= 0.3 is 0 Å². The van der Waals surface area contributed by atoms with Gasteiger partial charge in [-0.15, -0.1) is 0 Å². The average molecular weight is 92.1 g/mol. The van der Waals surface area contributed by atoms with E-state index < -0.39 is 0 Å². The van der Waals surface area contributed by atoms with Crippen molar-refractivity contribution in [3.05, 3.63) is 0 Å². The van der Waals surface area contributed by atoms with Crippen molar-refractivity contribution in [1.82, 2.24) is 4.72 Å². The van der Waals surface area contributed by atoms with Gasteiger partial charge in [-0.1, -0.05) is 12.8 Å². The highest BCUT2D eigenvalue weighted by Gasteiger charge is 1.41. The summed E-state index contributed by atoms with van der Waals surface area (Å²) in [6.45, 7) is 0. The second-order valence-corrected chi connectivity index (χ2v) is 0.447. The standard InChI is InChI=1S/CH2N2S.H2O/c2-1-3-4;/h3-4H;1H2. The molecule has 0 bridgehead atoms. The molecular weight excluding hydrogens is 88.1 g/mol. The largest absolute Gasteiger partial charge is 0.412 e. The number of hydrogen-bond acceptors (Lipinski definition) is 3. The Balaban J connectivity index is 0. The minimum Gasteiger partial charge on any atom is -0.412 e. The van der Waals surface area contributed by atoms with Gasteiger partial charge in [-0.05, 0) is 0 Å². The number of nitriles is 1. The van der Waals surface area contributed by atoms with Crippen molar-refractivity contribution in [2.24, 2.45) is 0 Å². The van der Waals surface area contributed by atoms with Crippen LogP contribution in [-0.2, 0) is 0 Å². The molecule has 0 aliphatic rings. The van der Waals surface area contributed by atoms with Crippen LogP contribution in [0.5, 0.6) is 0 Å². The summed E-state index contributed by atoms with van der Waals surface area (Å²) in [4.78, 5) is 0. The quantitative estimate of drug-likeness (QED) is 0.230. The lowest BCUT2D eigenvalue weighted by atomic mass is 11.5. The SMILES string of the molecule is N#CNS.O. The van der Waals surface area contributed by atoms with E-state index in [1.54, 1.807) is 6.19 Å². The molecule has 4 heteroatoms. The van der Waals surface area contributed by atoms with E-state index >= 15 is 0 Å². The number of nitrogens with one attached hydrogen (secondary N) is 1. The Morgan fingerprint density at radius 2 is 2.00 bits per heavy atom. The lowest BCUT2D eigenvalue weighted by Crippen LogP contribution is -1.76. The predicted octanol–water partition coefficient (Wildman–Crippen LogP) is -0.923. The maximum absolute atomic E-state index is 7.44. The first-order valence-electron chi connectivity index (χ1n) is 0.697. The van der Waals surface area contributed by atoms with Crippen LogP contribution in [-0.4, -0.2) is 5.48 Å². The summed E-state index contributed by atoms with van der Waals surface area (Å²) in [5.74, 6) is 0. The summed E-state index contributed by atoms with van der Waals surface area (Å²) in [7, 11) is 0. The maximum Gasteiger partial charge on any atom is 0.187 e. The van der Waals surface area contributed by atoms with Gasteiger partial charge in [0.2, 0.25) is 0 Å². The Morgan fingerprint density at radius 1 is 1.80 bits per heavy atom. The van der Waals surface area contributed by atoms with Crippen LogP contribution in [0, 0.1) is 11.5 Å². The third-order valence-corrected chi connectivity index (χ3v) is 0.150. The first-order chi connectivity index (χ1) is 1.91. The molecule has 0 saturated carbocycles. The van der Waals surface area contributed by atoms with Crippen molar-refractivity contribution in [2.75, 3.05) is 0 Å². The van der Waals surface area contributed by atoms with E-state index in [1.807, 2.05) is 4.72 Å². The monoisotopic (exact) mass is 92.0 g/mol. The van der Waals surface area contributed by atoms with Gasteiger partial charge in [-0.3, -0.25) is 4.72 Å². The zero-order chi connectivity index (χ0) is 3.41. The van der Waals surface area contributed by atoms with Crippen LogP contribution in [0.3, 0.4) is 0 Å². The normalized spacial score (nSPS) is 3.20. The molecule has 30 valence electrons. The molecule has 0 aromatic rings. The molecule has 5 heavy (non-hydrogen) atoms. The molecule has 0 saturated heterocycles. The fourth-order valence-electron chi connectivity index (χ4n) is 0. The Morgan fingerprint density at radius 3 is 2.00 bits per heavy atom. The number of nitrogens with zero attached hydrogens (tertiary/aromatic N) is 1. The second-order valence-electron chi connectivity index (χ2n) is 0.224. The lowest BCUT2D eigenvalue weighted by molar-refractivity contribution is 0.824. The molecule has 0 unspecified atom stereocenters. The number of thiol groups is 1. The van der Waals surface area contributed by atoms with Gasteiger partial charge in [0, 0.05) is 0 Å². The molecule has 0 spiro atoms. The molecule has 0 radical (unpaired) electrons. The Hall–Kier alpha value is -0.400. The fourth-order valence-corrected chi connectivity index (χ4v) is 0. The van der Waals surface area contributed by atoms with Crippen LogP contribution in [0.4, 0.5) is 0 Å². The summed E-state index contributed by atoms with van der Waals surface area (Å²) in [6, 6.07) is 0. The Bertz CT molecular complexity index is 39.4. The van der Waals surface area contributed by atoms with Crippen molar-refractivity contribution in [3.63, 3.8) is 0 Å². The summed E-state index contributed by atoms with van der Waals surface area (Å²) in [5.41, 5.74) is 0. The molecule has 0 aliphatic carbocycles. The van der Waals surface area contributed by atoms with Gasteiger partial charge in [-0.25, -0.2) is 0 Å². The first kappa shape index (κ1) is 8.82. The van der Waals surface area contributed by atoms with Gasteiger partial charge in [-0.2, -0.15) is 5.26 Å². The molecule has 0 amide bonds. The van der Waals surface area contributed by atoms with Crippen LogP contribution in [0.1, 0.15) is 0 Å². The minimum atomic E-state index is 0. The van der Waals surface area contributed by atoms with Crippen LogP contribution < -0.4 is 4.72 Å². The summed E-state index contributed by atoms with van der Waals surface area (Å²) >= 11 is 3.31. The van der Waals surface area contributed by atoms with Gasteiger partial charge < -0.3 is 5.48 Å². The maximum atomic E-state index is 7.44. The van der Waals surface area contributed by atoms with Gasteiger partial charge in [0.15, 0.2) is 6.19 Å². The highest BCUT2D eigenvalue weighted by atomic mass is 32.1. The van der Waals surface area contributed by atoms with Crippen LogP contribution in [0.15, 0.2) is 0 Å². The van der Waals surface area contributed by atoms with Crippen molar-refractivity contribution in [1.29, 1.82) is 5.26 Å². The van der Waals surface area contributed by atoms with E-state index in [0.29, 0.717) is 0 Å². The van der Waals surface area contributed by atoms with Crippen molar-refractivity contribution in [2.45, 2.75) is 0 Å². The molecule has 0 heterocycles. The highest BCUT2D eigenvalue weighted by Crippen LogP contribution is 1.42. The first-order valence-corrected chi connectivity index (χ1v) is 1.14. The predicted molar refractivity (Wildman–Crippen MR) is 21.3 cm³/mol. The molecule has 0 aromatic heterocycles. The summed E-state index contributed by atoms with van der Waals surface area (Å²) in [5, 5.41) is 7.44. The van der Waals surface area contributed by atoms with Gasteiger partial charge in [0.05, 0.1) is 0 Å². The Labute approximate surface area is 35.5 Å². The third kappa shape index (κ3) is 25.6. The van der Waals surface area contributed by atoms with Gasteiger partial charge in [0.1, 0.15) is 0 Å². The molecule has 0 atom stereocenters. The zero-order valence-electron chi connectivity index (χ0n) is 2.39. The van der Waals surface area contributed by atoms with Crippen LogP contribution >= 0.6 is 12.8 Å². The van der Waals surface area contributed by atoms with E-state index in [1.165, 1.54) is 0 Å². The third-order valence-electron chi connectivity index (χ3n) is 0.0500. The van der Waals surface area contributed by atoms with Crippen molar-refractivity contribution >= 4 is 12.8 Å². The smallest absolute Gasteiger partial charge is 0.187 e. The number of hydrogen-bond donors (Lipinski definition) is 2. The fraction of sp³-hybridized carbons (Fsp3) is 0. The molecule has 0 aromatic carbocycles. The van der Waals surface area contributed by atoms with E-state index in [-0.39, 0.29) is 5.48 Å². The van der Waals surface area contributed by atoms with Crippen LogP contribution in [0.25, 0.3) is 0 Å². The Kier molecular flexibility index (Phi) is 16.8. The molecule has 0 aliphatic heterocycles. The van der Waals surface area contributed by atoms with Crippen molar-refractivity contribution in [3.8, 4) is 6.19 Å². The molecular formula is CH4N2OS. The minimum absolute atomic E-state index is 0. The molecule has 0 fully saturated rings. The molecule has 3 N–H and O–H groups in total. The number of rotatable bonds is 0. The van der Waals surface area contributed by atoms with E-state index in [2.05, 4.69) is 12.8 Å². The molecule has 3 nitrogen and oxygen atoms in total. The van der Waals surface area contributed by atoms with Crippen molar-refractivity contribution < 1.29 is 5.48 Å².